The van der Waals surface area contributed by atoms with Crippen molar-refractivity contribution in [1.29, 1.82) is 0 Å². The molecule has 0 aliphatic carbocycles. The van der Waals surface area contributed by atoms with Gasteiger partial charge in [0.15, 0.2) is 0 Å². The van der Waals surface area contributed by atoms with Gasteiger partial charge in [0.1, 0.15) is 5.75 Å². The number of aromatic hydroxyl groups is 1. The fourth-order valence-corrected chi connectivity index (χ4v) is 2.84. The standard InChI is InChI=1S/C20H15BrN2O4/c21-15-3-1-2-4-16(15)22-20(27)23-17-10-9-14(11-18(17)24)12-5-7-13(8-6-12)19(25)26/h1-11,24H,(H,25,26)(H2,22,23,27). The molecule has 3 rings (SSSR count). The molecule has 3 aromatic carbocycles. The number of phenolic OH excluding ortho intramolecular Hbond substituents is 1. The topological polar surface area (TPSA) is 98.7 Å². The van der Waals surface area contributed by atoms with Gasteiger partial charge in [-0.1, -0.05) is 30.3 Å². The maximum atomic E-state index is 12.1. The van der Waals surface area contributed by atoms with E-state index >= 15 is 0 Å². The summed E-state index contributed by atoms with van der Waals surface area (Å²) in [7, 11) is 0. The Morgan fingerprint density at radius 3 is 2.07 bits per heavy atom. The van der Waals surface area contributed by atoms with Crippen LogP contribution in [0.3, 0.4) is 0 Å². The number of nitrogens with one attached hydrogen (secondary N) is 2. The summed E-state index contributed by atoms with van der Waals surface area (Å²) in [5, 5.41) is 24.4. The Balaban J connectivity index is 1.73. The number of rotatable bonds is 4. The van der Waals surface area contributed by atoms with Gasteiger partial charge >= 0.3 is 12.0 Å². The van der Waals surface area contributed by atoms with E-state index in [1.165, 1.54) is 18.2 Å². The van der Waals surface area contributed by atoms with E-state index in [0.717, 1.165) is 10.0 Å². The predicted molar refractivity (Wildman–Crippen MR) is 107 cm³/mol. The lowest BCUT2D eigenvalue weighted by atomic mass is 10.0. The second-order valence-corrected chi connectivity index (χ2v) is 6.53. The van der Waals surface area contributed by atoms with E-state index < -0.39 is 12.0 Å². The highest BCUT2D eigenvalue weighted by Crippen LogP contribution is 2.30. The summed E-state index contributed by atoms with van der Waals surface area (Å²) in [5.41, 5.74) is 2.49. The van der Waals surface area contributed by atoms with Crippen LogP contribution < -0.4 is 10.6 Å². The minimum Gasteiger partial charge on any atom is -0.506 e. The molecule has 0 unspecified atom stereocenters. The van der Waals surface area contributed by atoms with Gasteiger partial charge in [-0.05, 0) is 63.5 Å². The molecule has 0 fully saturated rings. The van der Waals surface area contributed by atoms with Gasteiger partial charge in [-0.3, -0.25) is 0 Å². The molecule has 0 radical (unpaired) electrons. The first-order valence-corrected chi connectivity index (χ1v) is 8.72. The molecule has 0 atom stereocenters. The van der Waals surface area contributed by atoms with Crippen LogP contribution in [-0.4, -0.2) is 22.2 Å². The Bertz CT molecular complexity index is 1000. The number of aromatic carboxylic acids is 1. The second-order valence-electron chi connectivity index (χ2n) is 5.67. The zero-order chi connectivity index (χ0) is 19.4. The van der Waals surface area contributed by atoms with Gasteiger partial charge in [-0.15, -0.1) is 0 Å². The summed E-state index contributed by atoms with van der Waals surface area (Å²) < 4.78 is 0.740. The van der Waals surface area contributed by atoms with Gasteiger partial charge < -0.3 is 20.8 Å². The molecule has 3 aromatic rings. The van der Waals surface area contributed by atoms with Gasteiger partial charge in [0.2, 0.25) is 0 Å². The van der Waals surface area contributed by atoms with E-state index in [1.807, 2.05) is 6.07 Å². The normalized spacial score (nSPS) is 10.3. The first-order chi connectivity index (χ1) is 12.9. The van der Waals surface area contributed by atoms with E-state index in [4.69, 9.17) is 5.11 Å². The number of carboxylic acid groups (broad SMARTS) is 1. The zero-order valence-corrected chi connectivity index (χ0v) is 15.5. The monoisotopic (exact) mass is 426 g/mol. The average molecular weight is 427 g/mol. The Hall–Kier alpha value is -3.32. The fraction of sp³-hybridized carbons (Fsp3) is 0. The van der Waals surface area contributed by atoms with E-state index in [0.29, 0.717) is 11.3 Å². The summed E-state index contributed by atoms with van der Waals surface area (Å²) in [6.07, 6.45) is 0. The number of urea groups is 1. The number of phenols is 1. The van der Waals surface area contributed by atoms with Crippen molar-refractivity contribution >= 4 is 39.3 Å². The molecule has 0 heterocycles. The number of benzene rings is 3. The van der Waals surface area contributed by atoms with Crippen LogP contribution in [0.15, 0.2) is 71.2 Å². The van der Waals surface area contributed by atoms with Crippen molar-refractivity contribution in [3.63, 3.8) is 0 Å². The highest BCUT2D eigenvalue weighted by molar-refractivity contribution is 9.10. The lowest BCUT2D eigenvalue weighted by Crippen LogP contribution is -2.19. The number of carboxylic acids is 1. The van der Waals surface area contributed by atoms with Crippen LogP contribution >= 0.6 is 15.9 Å². The molecule has 6 nitrogen and oxygen atoms in total. The first-order valence-electron chi connectivity index (χ1n) is 7.93. The Labute approximate surface area is 163 Å². The molecular formula is C20H15BrN2O4. The largest absolute Gasteiger partial charge is 0.506 e. The summed E-state index contributed by atoms with van der Waals surface area (Å²) in [5.74, 6) is -1.10. The third kappa shape index (κ3) is 4.45. The number of hydrogen-bond acceptors (Lipinski definition) is 3. The van der Waals surface area contributed by atoms with Crippen LogP contribution in [0.25, 0.3) is 11.1 Å². The SMILES string of the molecule is O=C(Nc1ccc(-c2ccc(C(=O)O)cc2)cc1O)Nc1ccccc1Br. The van der Waals surface area contributed by atoms with Gasteiger partial charge in [-0.25, -0.2) is 9.59 Å². The number of amides is 2. The summed E-state index contributed by atoms with van der Waals surface area (Å²) in [6, 6.07) is 17.8. The van der Waals surface area contributed by atoms with Gasteiger partial charge in [-0.2, -0.15) is 0 Å². The number of halogens is 1. The summed E-state index contributed by atoms with van der Waals surface area (Å²) in [4.78, 5) is 23.0. The fourth-order valence-electron chi connectivity index (χ4n) is 2.46. The quantitative estimate of drug-likeness (QED) is 0.432. The molecule has 7 heteroatoms. The van der Waals surface area contributed by atoms with E-state index in [9.17, 15) is 14.7 Å². The van der Waals surface area contributed by atoms with Crippen LogP contribution in [0, 0.1) is 0 Å². The van der Waals surface area contributed by atoms with Crippen LogP contribution in [0.2, 0.25) is 0 Å². The molecule has 0 aliphatic rings. The lowest BCUT2D eigenvalue weighted by Gasteiger charge is -2.11. The molecule has 0 bridgehead atoms. The van der Waals surface area contributed by atoms with Crippen molar-refractivity contribution < 1.29 is 19.8 Å². The third-order valence-corrected chi connectivity index (χ3v) is 4.52. The second kappa shape index (κ2) is 7.92. The van der Waals surface area contributed by atoms with E-state index in [-0.39, 0.29) is 17.0 Å². The van der Waals surface area contributed by atoms with Crippen LogP contribution in [0.5, 0.6) is 5.75 Å². The number of carbonyl (C=O) groups is 2. The van der Waals surface area contributed by atoms with Crippen LogP contribution in [-0.2, 0) is 0 Å². The summed E-state index contributed by atoms with van der Waals surface area (Å²) >= 11 is 3.35. The first kappa shape index (κ1) is 18.5. The third-order valence-electron chi connectivity index (χ3n) is 3.83. The smallest absolute Gasteiger partial charge is 0.335 e. The average Bonchev–Trinajstić information content (AvgIpc) is 2.65. The van der Waals surface area contributed by atoms with Gasteiger partial charge in [0.25, 0.3) is 0 Å². The molecule has 0 spiro atoms. The van der Waals surface area contributed by atoms with Crippen LogP contribution in [0.4, 0.5) is 16.2 Å². The highest BCUT2D eigenvalue weighted by atomic mass is 79.9. The number of hydrogen-bond donors (Lipinski definition) is 4. The van der Waals surface area contributed by atoms with E-state index in [2.05, 4.69) is 26.6 Å². The Kier molecular flexibility index (Phi) is 5.42. The van der Waals surface area contributed by atoms with Crippen molar-refractivity contribution in [2.45, 2.75) is 0 Å². The van der Waals surface area contributed by atoms with Crippen molar-refractivity contribution in [3.05, 3.63) is 76.8 Å². The molecule has 2 amide bonds. The highest BCUT2D eigenvalue weighted by Gasteiger charge is 2.10. The maximum Gasteiger partial charge on any atom is 0.335 e. The van der Waals surface area contributed by atoms with Crippen molar-refractivity contribution in [2.75, 3.05) is 10.6 Å². The maximum absolute atomic E-state index is 12.1. The molecule has 0 aliphatic heterocycles. The number of para-hydroxylation sites is 1. The molecule has 0 saturated carbocycles. The van der Waals surface area contributed by atoms with Crippen molar-refractivity contribution in [3.8, 4) is 16.9 Å². The lowest BCUT2D eigenvalue weighted by molar-refractivity contribution is 0.0697. The number of carbonyl (C=O) groups excluding carboxylic acids is 1. The molecule has 27 heavy (non-hydrogen) atoms. The Morgan fingerprint density at radius 2 is 1.44 bits per heavy atom. The minimum absolute atomic E-state index is 0.0999. The molecule has 136 valence electrons. The molecule has 0 aromatic heterocycles. The molecular weight excluding hydrogens is 412 g/mol. The van der Waals surface area contributed by atoms with Gasteiger partial charge in [0.05, 0.1) is 16.9 Å². The Morgan fingerprint density at radius 1 is 0.815 bits per heavy atom. The van der Waals surface area contributed by atoms with Crippen molar-refractivity contribution in [2.24, 2.45) is 0 Å². The summed E-state index contributed by atoms with van der Waals surface area (Å²) in [6.45, 7) is 0. The number of anilines is 2. The van der Waals surface area contributed by atoms with Crippen LogP contribution in [0.1, 0.15) is 10.4 Å². The van der Waals surface area contributed by atoms with Gasteiger partial charge in [0, 0.05) is 4.47 Å². The molecule has 4 N–H and O–H groups in total. The van der Waals surface area contributed by atoms with E-state index in [1.54, 1.807) is 42.5 Å². The zero-order valence-electron chi connectivity index (χ0n) is 13.9. The van der Waals surface area contributed by atoms with Crippen molar-refractivity contribution in [1.82, 2.24) is 0 Å². The molecule has 0 saturated heterocycles. The minimum atomic E-state index is -1.000. The predicted octanol–water partition coefficient (Wildman–Crippen LogP) is 5.16.